The molecule has 1 aliphatic carbocycles. The maximum atomic E-state index is 13.0. The summed E-state index contributed by atoms with van der Waals surface area (Å²) in [7, 11) is 0. The van der Waals surface area contributed by atoms with E-state index in [1.165, 1.54) is 16.6 Å². The molecule has 2 unspecified atom stereocenters. The topological polar surface area (TPSA) is 59.3 Å². The molecule has 1 N–H and O–H groups in total. The zero-order valence-electron chi connectivity index (χ0n) is 12.8. The Morgan fingerprint density at radius 3 is 2.83 bits per heavy atom. The molecule has 1 aliphatic rings. The molecule has 0 saturated heterocycles. The number of aromatic nitrogens is 3. The Kier molecular flexibility index (Phi) is 3.49. The highest BCUT2D eigenvalue weighted by Gasteiger charge is 2.44. The van der Waals surface area contributed by atoms with E-state index in [4.69, 9.17) is 11.6 Å². The first-order chi connectivity index (χ1) is 11.5. The zero-order chi connectivity index (χ0) is 16.8. The lowest BCUT2D eigenvalue weighted by molar-refractivity contribution is -0.117. The van der Waals surface area contributed by atoms with Crippen LogP contribution in [0.3, 0.4) is 0 Å². The number of hydrogen-bond acceptors (Lipinski definition) is 3. The van der Waals surface area contributed by atoms with Crippen LogP contribution in [0.5, 0.6) is 0 Å². The van der Waals surface area contributed by atoms with Crippen LogP contribution in [0.2, 0.25) is 5.15 Å². The highest BCUT2D eigenvalue weighted by atomic mass is 35.5. The van der Waals surface area contributed by atoms with E-state index in [0.29, 0.717) is 16.6 Å². The summed E-state index contributed by atoms with van der Waals surface area (Å²) in [6.07, 6.45) is 0.749. The highest BCUT2D eigenvalue weighted by molar-refractivity contribution is 6.30. The summed E-state index contributed by atoms with van der Waals surface area (Å²) in [5.74, 6) is 0.0280. The van der Waals surface area contributed by atoms with Crippen LogP contribution < -0.4 is 5.32 Å². The SMILES string of the molecule is Cc1cc2nc(NC(=O)C3CC3c3ccc(F)cc3)cc(Cl)n2n1. The summed E-state index contributed by atoms with van der Waals surface area (Å²) in [6.45, 7) is 1.85. The molecule has 0 aliphatic heterocycles. The van der Waals surface area contributed by atoms with E-state index in [9.17, 15) is 9.18 Å². The smallest absolute Gasteiger partial charge is 0.229 e. The van der Waals surface area contributed by atoms with E-state index in [2.05, 4.69) is 15.4 Å². The van der Waals surface area contributed by atoms with Crippen LogP contribution >= 0.6 is 11.6 Å². The number of halogens is 2. The second-order valence-corrected chi connectivity index (χ2v) is 6.40. The molecular weight excluding hydrogens is 331 g/mol. The first-order valence-electron chi connectivity index (χ1n) is 7.60. The maximum Gasteiger partial charge on any atom is 0.229 e. The predicted octanol–water partition coefficient (Wildman–Crippen LogP) is 3.57. The Hall–Kier alpha value is -2.47. The molecular formula is C17H14ClFN4O. The van der Waals surface area contributed by atoms with Gasteiger partial charge < -0.3 is 5.32 Å². The van der Waals surface area contributed by atoms with Crippen molar-refractivity contribution in [1.29, 1.82) is 0 Å². The lowest BCUT2D eigenvalue weighted by Crippen LogP contribution is -2.16. The van der Waals surface area contributed by atoms with E-state index < -0.39 is 0 Å². The van der Waals surface area contributed by atoms with Crippen LogP contribution in [-0.4, -0.2) is 20.5 Å². The van der Waals surface area contributed by atoms with Crippen molar-refractivity contribution in [3.8, 4) is 0 Å². The molecule has 1 amide bonds. The van der Waals surface area contributed by atoms with Crippen LogP contribution in [0.4, 0.5) is 10.2 Å². The van der Waals surface area contributed by atoms with Gasteiger partial charge in [-0.15, -0.1) is 0 Å². The number of carbonyl (C=O) groups is 1. The third-order valence-electron chi connectivity index (χ3n) is 4.18. The Morgan fingerprint density at radius 2 is 2.08 bits per heavy atom. The normalized spacial score (nSPS) is 19.5. The van der Waals surface area contributed by atoms with Crippen molar-refractivity contribution in [1.82, 2.24) is 14.6 Å². The zero-order valence-corrected chi connectivity index (χ0v) is 13.6. The fourth-order valence-electron chi connectivity index (χ4n) is 2.90. The number of fused-ring (bicyclic) bond motifs is 1. The van der Waals surface area contributed by atoms with E-state index in [1.54, 1.807) is 24.3 Å². The number of aryl methyl sites for hydroxylation is 1. The van der Waals surface area contributed by atoms with Gasteiger partial charge in [-0.05, 0) is 37.0 Å². The second kappa shape index (κ2) is 5.56. The Labute approximate surface area is 142 Å². The number of nitrogens with zero attached hydrogens (tertiary/aromatic N) is 3. The largest absolute Gasteiger partial charge is 0.310 e. The molecule has 2 heterocycles. The first kappa shape index (κ1) is 15.1. The van der Waals surface area contributed by atoms with Crippen molar-refractivity contribution < 1.29 is 9.18 Å². The van der Waals surface area contributed by atoms with Crippen molar-refractivity contribution >= 4 is 29.0 Å². The van der Waals surface area contributed by atoms with Gasteiger partial charge in [0.05, 0.1) is 5.69 Å². The van der Waals surface area contributed by atoms with Crippen LogP contribution in [-0.2, 0) is 4.79 Å². The quantitative estimate of drug-likeness (QED) is 0.739. The fraction of sp³-hybridized carbons (Fsp3) is 0.235. The molecule has 1 fully saturated rings. The minimum atomic E-state index is -0.274. The van der Waals surface area contributed by atoms with Gasteiger partial charge in [0, 0.05) is 18.1 Å². The van der Waals surface area contributed by atoms with Crippen LogP contribution in [0, 0.1) is 18.7 Å². The van der Waals surface area contributed by atoms with E-state index in [1.807, 2.05) is 6.92 Å². The van der Waals surface area contributed by atoms with Crippen molar-refractivity contribution in [2.75, 3.05) is 5.32 Å². The third kappa shape index (κ3) is 2.73. The summed E-state index contributed by atoms with van der Waals surface area (Å²) in [4.78, 5) is 16.7. The summed E-state index contributed by atoms with van der Waals surface area (Å²) in [5.41, 5.74) is 2.36. The minimum Gasteiger partial charge on any atom is -0.310 e. The Morgan fingerprint density at radius 1 is 1.33 bits per heavy atom. The standard InChI is InChI=1S/C17H14ClFN4O/c1-9-6-16-20-15(8-14(18)23(16)22-9)21-17(24)13-7-12(13)10-2-4-11(19)5-3-10/h2-6,8,12-13H,7H2,1H3,(H,20,21,24). The van der Waals surface area contributed by atoms with E-state index in [0.717, 1.165) is 17.7 Å². The molecule has 2 atom stereocenters. The maximum absolute atomic E-state index is 13.0. The minimum absolute atomic E-state index is 0.103. The van der Waals surface area contributed by atoms with Gasteiger partial charge >= 0.3 is 0 Å². The van der Waals surface area contributed by atoms with Gasteiger partial charge in [0.2, 0.25) is 5.91 Å². The molecule has 0 spiro atoms. The number of nitrogens with one attached hydrogen (secondary N) is 1. The third-order valence-corrected chi connectivity index (χ3v) is 4.45. The Bertz CT molecular complexity index is 938. The van der Waals surface area contributed by atoms with E-state index in [-0.39, 0.29) is 23.6 Å². The molecule has 1 aromatic carbocycles. The van der Waals surface area contributed by atoms with Crippen LogP contribution in [0.25, 0.3) is 5.65 Å². The number of anilines is 1. The number of amides is 1. The van der Waals surface area contributed by atoms with Gasteiger partial charge in [-0.2, -0.15) is 5.10 Å². The van der Waals surface area contributed by atoms with Gasteiger partial charge in [-0.3, -0.25) is 4.79 Å². The number of carbonyl (C=O) groups excluding carboxylic acids is 1. The molecule has 0 radical (unpaired) electrons. The van der Waals surface area contributed by atoms with Gasteiger partial charge in [-0.25, -0.2) is 13.9 Å². The van der Waals surface area contributed by atoms with Crippen molar-refractivity contribution in [3.63, 3.8) is 0 Å². The lowest BCUT2D eigenvalue weighted by atomic mass is 10.1. The van der Waals surface area contributed by atoms with Gasteiger partial charge in [0.25, 0.3) is 0 Å². The fourth-order valence-corrected chi connectivity index (χ4v) is 3.13. The summed E-state index contributed by atoms with van der Waals surface area (Å²) in [5, 5.41) is 7.41. The molecule has 24 heavy (non-hydrogen) atoms. The van der Waals surface area contributed by atoms with Gasteiger partial charge in [0.15, 0.2) is 5.65 Å². The summed E-state index contributed by atoms with van der Waals surface area (Å²) < 4.78 is 14.5. The summed E-state index contributed by atoms with van der Waals surface area (Å²) >= 11 is 6.17. The number of benzene rings is 1. The Balaban J connectivity index is 1.50. The van der Waals surface area contributed by atoms with Gasteiger partial charge in [-0.1, -0.05) is 23.7 Å². The average molecular weight is 345 g/mol. The summed E-state index contributed by atoms with van der Waals surface area (Å²) in [6, 6.07) is 9.65. The molecule has 122 valence electrons. The van der Waals surface area contributed by atoms with Gasteiger partial charge in [0.1, 0.15) is 16.8 Å². The van der Waals surface area contributed by atoms with Crippen LogP contribution in [0.1, 0.15) is 23.6 Å². The molecule has 5 nitrogen and oxygen atoms in total. The number of hydrogen-bond donors (Lipinski definition) is 1. The average Bonchev–Trinajstić information content (AvgIpc) is 3.24. The lowest BCUT2D eigenvalue weighted by Gasteiger charge is -2.06. The molecule has 7 heteroatoms. The predicted molar refractivity (Wildman–Crippen MR) is 88.6 cm³/mol. The highest BCUT2D eigenvalue weighted by Crippen LogP contribution is 2.47. The molecule has 0 bridgehead atoms. The molecule has 3 aromatic rings. The van der Waals surface area contributed by atoms with Crippen molar-refractivity contribution in [2.45, 2.75) is 19.3 Å². The van der Waals surface area contributed by atoms with Crippen molar-refractivity contribution in [3.05, 3.63) is 58.6 Å². The molecule has 1 saturated carbocycles. The molecule has 2 aromatic heterocycles. The molecule has 4 rings (SSSR count). The van der Waals surface area contributed by atoms with Crippen LogP contribution in [0.15, 0.2) is 36.4 Å². The van der Waals surface area contributed by atoms with Crippen molar-refractivity contribution in [2.24, 2.45) is 5.92 Å². The first-order valence-corrected chi connectivity index (χ1v) is 7.98. The second-order valence-electron chi connectivity index (χ2n) is 6.01. The number of rotatable bonds is 3. The monoisotopic (exact) mass is 344 g/mol. The van der Waals surface area contributed by atoms with E-state index >= 15 is 0 Å².